The zero-order valence-electron chi connectivity index (χ0n) is 13.1. The molecule has 20 heavy (non-hydrogen) atoms. The second-order valence-electron chi connectivity index (χ2n) is 5.81. The molecule has 2 atom stereocenters. The van der Waals surface area contributed by atoms with Crippen LogP contribution in [0.25, 0.3) is 0 Å². The van der Waals surface area contributed by atoms with Gasteiger partial charge in [-0.3, -0.25) is 4.90 Å². The van der Waals surface area contributed by atoms with Gasteiger partial charge in [0.2, 0.25) is 0 Å². The molecule has 1 saturated heterocycles. The average Bonchev–Trinajstić information content (AvgIpc) is 2.96. The van der Waals surface area contributed by atoms with Crippen molar-refractivity contribution in [2.75, 3.05) is 33.4 Å². The third kappa shape index (κ3) is 4.05. The third-order valence-corrected chi connectivity index (χ3v) is 4.39. The summed E-state index contributed by atoms with van der Waals surface area (Å²) in [6.07, 6.45) is 2.60. The molecule has 2 unspecified atom stereocenters. The highest BCUT2D eigenvalue weighted by Crippen LogP contribution is 2.24. The molecule has 1 aliphatic rings. The molecule has 0 bridgehead atoms. The number of hydrogen-bond donors (Lipinski definition) is 1. The van der Waals surface area contributed by atoms with Crippen molar-refractivity contribution in [1.82, 2.24) is 10.2 Å². The van der Waals surface area contributed by atoms with E-state index in [9.17, 15) is 0 Å². The number of methoxy groups -OCH3 is 1. The van der Waals surface area contributed by atoms with Crippen LogP contribution in [0.4, 0.5) is 0 Å². The summed E-state index contributed by atoms with van der Waals surface area (Å²) in [5.74, 6) is 0. The minimum Gasteiger partial charge on any atom is -0.383 e. The molecular formula is C17H28N2O. The number of hydrogen-bond acceptors (Lipinski definition) is 3. The maximum Gasteiger partial charge on any atom is 0.0589 e. The number of nitrogens with zero attached hydrogens (tertiary/aromatic N) is 1. The summed E-state index contributed by atoms with van der Waals surface area (Å²) in [5.41, 5.74) is 2.81. The minimum atomic E-state index is 0.439. The Hall–Kier alpha value is -0.900. The van der Waals surface area contributed by atoms with E-state index in [2.05, 4.69) is 48.3 Å². The predicted octanol–water partition coefficient (Wildman–Crippen LogP) is 2.76. The van der Waals surface area contributed by atoms with Gasteiger partial charge in [-0.1, -0.05) is 24.3 Å². The molecule has 1 fully saturated rings. The van der Waals surface area contributed by atoms with Crippen molar-refractivity contribution in [2.45, 2.75) is 38.8 Å². The standard InChI is InChI=1S/C17H28N2O/c1-14-7-4-5-9-17(14)15(2)19(11-12-20-3)13-16-8-6-10-18-16/h4-5,7,9,15-16,18H,6,8,10-13H2,1-3H3. The van der Waals surface area contributed by atoms with E-state index in [1.165, 1.54) is 30.5 Å². The first-order chi connectivity index (χ1) is 9.72. The van der Waals surface area contributed by atoms with E-state index >= 15 is 0 Å². The Morgan fingerprint density at radius 2 is 2.20 bits per heavy atom. The summed E-state index contributed by atoms with van der Waals surface area (Å²) in [4.78, 5) is 2.55. The van der Waals surface area contributed by atoms with Crippen LogP contribution in [0.1, 0.15) is 36.9 Å². The van der Waals surface area contributed by atoms with Crippen LogP contribution in [0.2, 0.25) is 0 Å². The number of ether oxygens (including phenoxy) is 1. The Bertz CT molecular complexity index is 402. The van der Waals surface area contributed by atoms with Crippen LogP contribution in [0.15, 0.2) is 24.3 Å². The highest BCUT2D eigenvalue weighted by atomic mass is 16.5. The van der Waals surface area contributed by atoms with Crippen LogP contribution in [-0.4, -0.2) is 44.3 Å². The summed E-state index contributed by atoms with van der Waals surface area (Å²) in [6, 6.07) is 9.79. The van der Waals surface area contributed by atoms with Crippen LogP contribution in [0.5, 0.6) is 0 Å². The van der Waals surface area contributed by atoms with E-state index < -0.39 is 0 Å². The molecule has 1 heterocycles. The lowest BCUT2D eigenvalue weighted by molar-refractivity contribution is 0.117. The van der Waals surface area contributed by atoms with Gasteiger partial charge in [0.15, 0.2) is 0 Å². The van der Waals surface area contributed by atoms with Gasteiger partial charge in [0.25, 0.3) is 0 Å². The van der Waals surface area contributed by atoms with Crippen LogP contribution in [-0.2, 0) is 4.74 Å². The van der Waals surface area contributed by atoms with E-state index in [4.69, 9.17) is 4.74 Å². The molecule has 0 radical (unpaired) electrons. The number of nitrogens with one attached hydrogen (secondary N) is 1. The normalized spacial score (nSPS) is 20.5. The first-order valence-electron chi connectivity index (χ1n) is 7.74. The van der Waals surface area contributed by atoms with Crippen molar-refractivity contribution in [3.8, 4) is 0 Å². The van der Waals surface area contributed by atoms with E-state index in [0.717, 1.165) is 19.7 Å². The first-order valence-corrected chi connectivity index (χ1v) is 7.74. The van der Waals surface area contributed by atoms with E-state index in [1.54, 1.807) is 7.11 Å². The van der Waals surface area contributed by atoms with Crippen LogP contribution in [0.3, 0.4) is 0 Å². The Morgan fingerprint density at radius 1 is 1.40 bits per heavy atom. The van der Waals surface area contributed by atoms with E-state index in [0.29, 0.717) is 12.1 Å². The van der Waals surface area contributed by atoms with E-state index in [1.807, 2.05) is 0 Å². The maximum absolute atomic E-state index is 5.29. The smallest absolute Gasteiger partial charge is 0.0589 e. The fourth-order valence-corrected chi connectivity index (χ4v) is 3.10. The quantitative estimate of drug-likeness (QED) is 0.829. The second-order valence-corrected chi connectivity index (χ2v) is 5.81. The van der Waals surface area contributed by atoms with Crippen molar-refractivity contribution in [3.63, 3.8) is 0 Å². The van der Waals surface area contributed by atoms with Crippen molar-refractivity contribution in [2.24, 2.45) is 0 Å². The van der Waals surface area contributed by atoms with Gasteiger partial charge in [-0.05, 0) is 44.4 Å². The highest BCUT2D eigenvalue weighted by molar-refractivity contribution is 5.28. The van der Waals surface area contributed by atoms with Gasteiger partial charge in [0.05, 0.1) is 6.61 Å². The monoisotopic (exact) mass is 276 g/mol. The zero-order chi connectivity index (χ0) is 14.4. The molecular weight excluding hydrogens is 248 g/mol. The topological polar surface area (TPSA) is 24.5 Å². The fourth-order valence-electron chi connectivity index (χ4n) is 3.10. The Balaban J connectivity index is 2.06. The van der Waals surface area contributed by atoms with Crippen molar-refractivity contribution in [1.29, 1.82) is 0 Å². The number of benzene rings is 1. The lowest BCUT2D eigenvalue weighted by atomic mass is 10.0. The van der Waals surface area contributed by atoms with Crippen LogP contribution in [0, 0.1) is 6.92 Å². The van der Waals surface area contributed by atoms with E-state index in [-0.39, 0.29) is 0 Å². The fraction of sp³-hybridized carbons (Fsp3) is 0.647. The van der Waals surface area contributed by atoms with Crippen molar-refractivity contribution >= 4 is 0 Å². The van der Waals surface area contributed by atoms with Gasteiger partial charge < -0.3 is 10.1 Å². The molecule has 1 aliphatic heterocycles. The predicted molar refractivity (Wildman–Crippen MR) is 84.1 cm³/mol. The first kappa shape index (κ1) is 15.5. The molecule has 3 heteroatoms. The third-order valence-electron chi connectivity index (χ3n) is 4.39. The molecule has 112 valence electrons. The van der Waals surface area contributed by atoms with Gasteiger partial charge in [-0.2, -0.15) is 0 Å². The molecule has 0 aromatic heterocycles. The molecule has 1 N–H and O–H groups in total. The van der Waals surface area contributed by atoms with Gasteiger partial charge in [-0.15, -0.1) is 0 Å². The molecule has 3 nitrogen and oxygen atoms in total. The van der Waals surface area contributed by atoms with Gasteiger partial charge >= 0.3 is 0 Å². The highest BCUT2D eigenvalue weighted by Gasteiger charge is 2.22. The lowest BCUT2D eigenvalue weighted by Crippen LogP contribution is -2.40. The molecule has 1 aromatic rings. The molecule has 0 amide bonds. The molecule has 0 saturated carbocycles. The average molecular weight is 276 g/mol. The largest absolute Gasteiger partial charge is 0.383 e. The zero-order valence-corrected chi connectivity index (χ0v) is 13.1. The van der Waals surface area contributed by atoms with Crippen molar-refractivity contribution < 1.29 is 4.74 Å². The Labute approximate surface area is 123 Å². The summed E-state index contributed by atoms with van der Waals surface area (Å²) < 4.78 is 5.29. The van der Waals surface area contributed by atoms with Crippen molar-refractivity contribution in [3.05, 3.63) is 35.4 Å². The maximum atomic E-state index is 5.29. The molecule has 1 aromatic carbocycles. The van der Waals surface area contributed by atoms with Gasteiger partial charge in [0.1, 0.15) is 0 Å². The number of aryl methyl sites for hydroxylation is 1. The summed E-state index contributed by atoms with van der Waals surface area (Å²) in [7, 11) is 1.78. The van der Waals surface area contributed by atoms with Crippen LogP contribution >= 0.6 is 0 Å². The van der Waals surface area contributed by atoms with Gasteiger partial charge in [0, 0.05) is 32.3 Å². The Kier molecular flexibility index (Phi) is 6.02. The summed E-state index contributed by atoms with van der Waals surface area (Å²) in [6.45, 7) is 8.58. The lowest BCUT2D eigenvalue weighted by Gasteiger charge is -2.32. The van der Waals surface area contributed by atoms with Crippen LogP contribution < -0.4 is 5.32 Å². The molecule has 2 rings (SSSR count). The molecule has 0 aliphatic carbocycles. The number of rotatable bonds is 7. The van der Waals surface area contributed by atoms with Gasteiger partial charge in [-0.25, -0.2) is 0 Å². The summed E-state index contributed by atoms with van der Waals surface area (Å²) in [5, 5.41) is 3.60. The molecule has 0 spiro atoms. The Morgan fingerprint density at radius 3 is 2.85 bits per heavy atom. The SMILES string of the molecule is COCCN(CC1CCCN1)C(C)c1ccccc1C. The minimum absolute atomic E-state index is 0.439. The summed E-state index contributed by atoms with van der Waals surface area (Å²) >= 11 is 0. The second kappa shape index (κ2) is 7.77.